The number of hydrogen-bond acceptors (Lipinski definition) is 4. The molecule has 6 heteroatoms. The van der Waals surface area contributed by atoms with Crippen LogP contribution in [-0.4, -0.2) is 23.5 Å². The molecule has 3 N–H and O–H groups in total. The SMILES string of the molecule is C[C@@H](N[C@H](c1ccccc1)c1ccco1)C(=O)NC(=O)NC12CC3CC(CC(C3)C1)C2. The van der Waals surface area contributed by atoms with Gasteiger partial charge < -0.3 is 9.73 Å². The maximum Gasteiger partial charge on any atom is 0.321 e. The number of carbonyl (C=O) groups is 2. The van der Waals surface area contributed by atoms with E-state index in [2.05, 4.69) is 16.0 Å². The highest BCUT2D eigenvalue weighted by Gasteiger charge is 2.51. The first-order chi connectivity index (χ1) is 15.0. The number of benzene rings is 1. The average molecular weight is 422 g/mol. The highest BCUT2D eigenvalue weighted by atomic mass is 16.3. The Morgan fingerprint density at radius 3 is 2.19 bits per heavy atom. The minimum absolute atomic E-state index is 0.115. The summed E-state index contributed by atoms with van der Waals surface area (Å²) in [6.45, 7) is 1.77. The Labute approximate surface area is 183 Å². The molecule has 4 saturated carbocycles. The minimum atomic E-state index is -0.572. The summed E-state index contributed by atoms with van der Waals surface area (Å²) >= 11 is 0. The summed E-state index contributed by atoms with van der Waals surface area (Å²) in [4.78, 5) is 25.5. The maximum atomic E-state index is 12.8. The molecule has 164 valence electrons. The van der Waals surface area contributed by atoms with Crippen LogP contribution in [0.4, 0.5) is 4.79 Å². The molecule has 3 amide bonds. The van der Waals surface area contributed by atoms with Crippen molar-refractivity contribution in [1.82, 2.24) is 16.0 Å². The molecule has 0 aliphatic heterocycles. The Hall–Kier alpha value is -2.60. The predicted octanol–water partition coefficient (Wildman–Crippen LogP) is 4.14. The normalized spacial score (nSPS) is 30.5. The van der Waals surface area contributed by atoms with Crippen molar-refractivity contribution >= 4 is 11.9 Å². The molecular formula is C25H31N3O3. The Bertz CT molecular complexity index is 889. The first kappa shape index (κ1) is 20.3. The monoisotopic (exact) mass is 421 g/mol. The van der Waals surface area contributed by atoms with Gasteiger partial charge >= 0.3 is 6.03 Å². The number of imide groups is 1. The van der Waals surface area contributed by atoms with Crippen LogP contribution >= 0.6 is 0 Å². The molecule has 0 spiro atoms. The molecular weight excluding hydrogens is 390 g/mol. The second-order valence-electron chi connectivity index (χ2n) is 9.89. The van der Waals surface area contributed by atoms with Crippen LogP contribution in [0, 0.1) is 17.8 Å². The topological polar surface area (TPSA) is 83.4 Å². The predicted molar refractivity (Wildman–Crippen MR) is 117 cm³/mol. The standard InChI is InChI=1S/C25H31N3O3/c1-16(26-22(21-8-5-9-31-21)20-6-3-2-4-7-20)23(29)27-24(30)28-25-13-17-10-18(14-25)12-19(11-17)15-25/h2-9,16-19,22,26H,10-15H2,1H3,(H2,27,28,29,30)/t16-,17?,18?,19?,22-,25?/m1/s1. The Kier molecular flexibility index (Phi) is 5.34. The summed E-state index contributed by atoms with van der Waals surface area (Å²) in [5.74, 6) is 2.60. The van der Waals surface area contributed by atoms with Gasteiger partial charge in [-0.2, -0.15) is 0 Å². The molecule has 1 heterocycles. The summed E-state index contributed by atoms with van der Waals surface area (Å²) in [7, 11) is 0. The van der Waals surface area contributed by atoms with E-state index in [0.29, 0.717) is 0 Å². The van der Waals surface area contributed by atoms with E-state index in [0.717, 1.165) is 48.3 Å². The van der Waals surface area contributed by atoms with Gasteiger partial charge in [-0.15, -0.1) is 0 Å². The van der Waals surface area contributed by atoms with Gasteiger partial charge in [0.15, 0.2) is 0 Å². The van der Waals surface area contributed by atoms with Crippen molar-refractivity contribution in [2.75, 3.05) is 0 Å². The lowest BCUT2D eigenvalue weighted by Crippen LogP contribution is -2.62. The Morgan fingerprint density at radius 2 is 1.61 bits per heavy atom. The van der Waals surface area contributed by atoms with Crippen LogP contribution in [0.2, 0.25) is 0 Å². The number of carbonyl (C=O) groups excluding carboxylic acids is 2. The molecule has 4 bridgehead atoms. The molecule has 2 atom stereocenters. The zero-order chi connectivity index (χ0) is 21.4. The lowest BCUT2D eigenvalue weighted by Gasteiger charge is -2.56. The third-order valence-electron chi connectivity index (χ3n) is 7.42. The summed E-state index contributed by atoms with van der Waals surface area (Å²) in [6, 6.07) is 12.3. The lowest BCUT2D eigenvalue weighted by molar-refractivity contribution is -0.121. The molecule has 4 fully saturated rings. The van der Waals surface area contributed by atoms with Gasteiger partial charge in [0, 0.05) is 5.54 Å². The molecule has 6 rings (SSSR count). The third-order valence-corrected chi connectivity index (χ3v) is 7.42. The molecule has 0 saturated heterocycles. The fraction of sp³-hybridized carbons (Fsp3) is 0.520. The van der Waals surface area contributed by atoms with Gasteiger partial charge in [-0.05, 0) is 80.9 Å². The second-order valence-corrected chi connectivity index (χ2v) is 9.89. The molecule has 0 unspecified atom stereocenters. The van der Waals surface area contributed by atoms with Crippen molar-refractivity contribution in [3.05, 3.63) is 60.1 Å². The van der Waals surface area contributed by atoms with E-state index in [1.807, 2.05) is 42.5 Å². The quantitative estimate of drug-likeness (QED) is 0.655. The maximum absolute atomic E-state index is 12.8. The number of rotatable bonds is 6. The van der Waals surface area contributed by atoms with Gasteiger partial charge in [-0.3, -0.25) is 15.4 Å². The van der Waals surface area contributed by atoms with E-state index in [1.54, 1.807) is 13.2 Å². The number of urea groups is 1. The molecule has 4 aliphatic rings. The van der Waals surface area contributed by atoms with Gasteiger partial charge in [0.25, 0.3) is 0 Å². The fourth-order valence-corrected chi connectivity index (χ4v) is 6.53. The van der Waals surface area contributed by atoms with Crippen molar-refractivity contribution in [3.8, 4) is 0 Å². The van der Waals surface area contributed by atoms with Crippen LogP contribution in [-0.2, 0) is 4.79 Å². The van der Waals surface area contributed by atoms with E-state index < -0.39 is 6.04 Å². The summed E-state index contributed by atoms with van der Waals surface area (Å²) in [6.07, 6.45) is 8.74. The largest absolute Gasteiger partial charge is 0.467 e. The second kappa shape index (κ2) is 8.15. The summed E-state index contributed by atoms with van der Waals surface area (Å²) in [5, 5.41) is 9.09. The fourth-order valence-electron chi connectivity index (χ4n) is 6.53. The summed E-state index contributed by atoms with van der Waals surface area (Å²) in [5.41, 5.74) is 0.881. The third kappa shape index (κ3) is 4.26. The smallest absolute Gasteiger partial charge is 0.321 e. The van der Waals surface area contributed by atoms with E-state index in [-0.39, 0.29) is 23.5 Å². The van der Waals surface area contributed by atoms with Gasteiger partial charge in [0.1, 0.15) is 5.76 Å². The highest BCUT2D eigenvalue weighted by molar-refractivity contribution is 5.97. The first-order valence-corrected chi connectivity index (χ1v) is 11.5. The van der Waals surface area contributed by atoms with Crippen molar-refractivity contribution in [1.29, 1.82) is 0 Å². The van der Waals surface area contributed by atoms with Crippen LogP contribution in [0.1, 0.15) is 62.8 Å². The zero-order valence-electron chi connectivity index (χ0n) is 18.0. The van der Waals surface area contributed by atoms with E-state index in [1.165, 1.54) is 19.3 Å². The van der Waals surface area contributed by atoms with Crippen LogP contribution in [0.3, 0.4) is 0 Å². The average Bonchev–Trinajstić information content (AvgIpc) is 3.25. The molecule has 0 radical (unpaired) electrons. The highest BCUT2D eigenvalue weighted by Crippen LogP contribution is 2.55. The molecule has 2 aromatic rings. The molecule has 31 heavy (non-hydrogen) atoms. The van der Waals surface area contributed by atoms with Crippen LogP contribution in [0.5, 0.6) is 0 Å². The Morgan fingerprint density at radius 1 is 0.968 bits per heavy atom. The molecule has 6 nitrogen and oxygen atoms in total. The van der Waals surface area contributed by atoms with Crippen molar-refractivity contribution in [2.24, 2.45) is 17.8 Å². The lowest BCUT2D eigenvalue weighted by atomic mass is 9.53. The van der Waals surface area contributed by atoms with Crippen molar-refractivity contribution in [3.63, 3.8) is 0 Å². The molecule has 1 aromatic carbocycles. The van der Waals surface area contributed by atoms with E-state index >= 15 is 0 Å². The van der Waals surface area contributed by atoms with E-state index in [9.17, 15) is 9.59 Å². The van der Waals surface area contributed by atoms with Crippen LogP contribution in [0.15, 0.2) is 53.1 Å². The van der Waals surface area contributed by atoms with Gasteiger partial charge in [0.2, 0.25) is 5.91 Å². The zero-order valence-corrected chi connectivity index (χ0v) is 18.0. The molecule has 4 aliphatic carbocycles. The van der Waals surface area contributed by atoms with Gasteiger partial charge in [0.05, 0.1) is 18.3 Å². The Balaban J connectivity index is 1.21. The number of furan rings is 1. The number of nitrogens with one attached hydrogen (secondary N) is 3. The van der Waals surface area contributed by atoms with Crippen LogP contribution < -0.4 is 16.0 Å². The van der Waals surface area contributed by atoms with E-state index in [4.69, 9.17) is 4.42 Å². The van der Waals surface area contributed by atoms with Gasteiger partial charge in [-0.1, -0.05) is 30.3 Å². The number of hydrogen-bond donors (Lipinski definition) is 3. The first-order valence-electron chi connectivity index (χ1n) is 11.5. The van der Waals surface area contributed by atoms with Gasteiger partial charge in [-0.25, -0.2) is 4.79 Å². The van der Waals surface area contributed by atoms with Crippen molar-refractivity contribution in [2.45, 2.75) is 63.1 Å². The minimum Gasteiger partial charge on any atom is -0.467 e. The summed E-state index contributed by atoms with van der Waals surface area (Å²) < 4.78 is 5.60. The van der Waals surface area contributed by atoms with Crippen molar-refractivity contribution < 1.29 is 14.0 Å². The molecule has 1 aromatic heterocycles. The number of amides is 3. The van der Waals surface area contributed by atoms with Crippen LogP contribution in [0.25, 0.3) is 0 Å².